The maximum absolute atomic E-state index is 11.7. The number of carbonyl (C=O) groups excluding carboxylic acids is 3. The van der Waals surface area contributed by atoms with Crippen molar-refractivity contribution in [3.05, 3.63) is 12.1 Å². The molecular formula is C19H28BNO7. The molecule has 9 heteroatoms. The minimum absolute atomic E-state index is 0.0671. The normalized spacial score (nSPS) is 28.3. The lowest BCUT2D eigenvalue weighted by Gasteiger charge is -2.32. The van der Waals surface area contributed by atoms with Crippen LogP contribution >= 0.6 is 0 Å². The van der Waals surface area contributed by atoms with Crippen LogP contribution in [0.1, 0.15) is 66.2 Å². The topological polar surface area (TPSA) is 91.4 Å². The van der Waals surface area contributed by atoms with E-state index in [0.29, 0.717) is 11.0 Å². The zero-order valence-corrected chi connectivity index (χ0v) is 16.9. The first-order chi connectivity index (χ1) is 13.1. The summed E-state index contributed by atoms with van der Waals surface area (Å²) in [6, 6.07) is 0. The molecule has 0 N–H and O–H groups in total. The summed E-state index contributed by atoms with van der Waals surface area (Å²) in [5, 5.41) is 0.500. The van der Waals surface area contributed by atoms with Crippen molar-refractivity contribution in [1.29, 1.82) is 0 Å². The molecule has 2 atom stereocenters. The third-order valence-corrected chi connectivity index (χ3v) is 5.79. The maximum atomic E-state index is 11.7. The zero-order chi connectivity index (χ0) is 20.5. The van der Waals surface area contributed by atoms with Crippen LogP contribution in [0.3, 0.4) is 0 Å². The molecular weight excluding hydrogens is 365 g/mol. The van der Waals surface area contributed by atoms with Gasteiger partial charge in [-0.2, -0.15) is 0 Å². The fourth-order valence-corrected chi connectivity index (χ4v) is 3.22. The van der Waals surface area contributed by atoms with E-state index in [9.17, 15) is 14.4 Å². The van der Waals surface area contributed by atoms with Gasteiger partial charge in [0, 0.05) is 12.8 Å². The average Bonchev–Trinajstić information content (AvgIpc) is 3.19. The Bertz CT molecular complexity index is 643. The number of rotatable bonds is 7. The van der Waals surface area contributed by atoms with E-state index in [1.165, 1.54) is 0 Å². The number of carbonyl (C=O) groups is 3. The van der Waals surface area contributed by atoms with Crippen LogP contribution in [0.15, 0.2) is 12.1 Å². The van der Waals surface area contributed by atoms with Gasteiger partial charge in [-0.05, 0) is 59.3 Å². The van der Waals surface area contributed by atoms with Gasteiger partial charge in [0.05, 0.1) is 11.2 Å². The van der Waals surface area contributed by atoms with E-state index in [0.717, 1.165) is 25.7 Å². The highest BCUT2D eigenvalue weighted by Crippen LogP contribution is 2.39. The molecule has 0 spiro atoms. The van der Waals surface area contributed by atoms with Crippen molar-refractivity contribution in [3.8, 4) is 0 Å². The Labute approximate surface area is 165 Å². The van der Waals surface area contributed by atoms with Crippen LogP contribution in [0.25, 0.3) is 0 Å². The molecule has 2 aliphatic heterocycles. The molecule has 2 saturated heterocycles. The zero-order valence-electron chi connectivity index (χ0n) is 16.9. The molecule has 1 saturated carbocycles. The Morgan fingerprint density at radius 3 is 2.39 bits per heavy atom. The monoisotopic (exact) mass is 393 g/mol. The Kier molecular flexibility index (Phi) is 5.86. The van der Waals surface area contributed by atoms with E-state index in [2.05, 4.69) is 6.08 Å². The van der Waals surface area contributed by atoms with Crippen molar-refractivity contribution in [2.75, 3.05) is 0 Å². The number of hydrogen-bond donors (Lipinski definition) is 0. The van der Waals surface area contributed by atoms with Crippen LogP contribution in [0.4, 0.5) is 4.79 Å². The van der Waals surface area contributed by atoms with Crippen molar-refractivity contribution < 1.29 is 33.3 Å². The molecule has 2 heterocycles. The number of ether oxygens (including phenoxy) is 1. The molecule has 0 unspecified atom stereocenters. The van der Waals surface area contributed by atoms with Gasteiger partial charge in [-0.15, -0.1) is 0 Å². The van der Waals surface area contributed by atoms with Gasteiger partial charge in [-0.3, -0.25) is 14.4 Å². The predicted molar refractivity (Wildman–Crippen MR) is 99.6 cm³/mol. The summed E-state index contributed by atoms with van der Waals surface area (Å²) in [7, 11) is -0.326. The Morgan fingerprint density at radius 2 is 1.79 bits per heavy atom. The molecule has 0 aromatic heterocycles. The van der Waals surface area contributed by atoms with Gasteiger partial charge in [0.25, 0.3) is 11.8 Å². The molecule has 0 bridgehead atoms. The molecule has 2 amide bonds. The van der Waals surface area contributed by atoms with E-state index >= 15 is 0 Å². The third kappa shape index (κ3) is 4.75. The first-order valence-electron chi connectivity index (χ1n) is 9.86. The van der Waals surface area contributed by atoms with Crippen molar-refractivity contribution in [3.63, 3.8) is 0 Å². The van der Waals surface area contributed by atoms with Crippen molar-refractivity contribution in [2.24, 2.45) is 5.92 Å². The largest absolute Gasteiger partial charge is 0.534 e. The van der Waals surface area contributed by atoms with E-state index in [1.54, 1.807) is 0 Å². The molecule has 0 radical (unpaired) electrons. The highest BCUT2D eigenvalue weighted by Gasteiger charge is 2.50. The third-order valence-electron chi connectivity index (χ3n) is 5.79. The predicted octanol–water partition coefficient (Wildman–Crippen LogP) is 2.95. The maximum Gasteiger partial charge on any atom is 0.534 e. The first kappa shape index (κ1) is 20.9. The van der Waals surface area contributed by atoms with Crippen molar-refractivity contribution >= 4 is 25.1 Å². The van der Waals surface area contributed by atoms with Crippen LogP contribution in [0.2, 0.25) is 0 Å². The van der Waals surface area contributed by atoms with E-state index in [-0.39, 0.29) is 37.3 Å². The van der Waals surface area contributed by atoms with Gasteiger partial charge < -0.3 is 14.0 Å². The Hall–Kier alpha value is -1.87. The van der Waals surface area contributed by atoms with Crippen LogP contribution in [-0.2, 0) is 28.5 Å². The summed E-state index contributed by atoms with van der Waals surface area (Å²) < 4.78 is 17.0. The van der Waals surface area contributed by atoms with Crippen LogP contribution in [-0.4, -0.2) is 47.5 Å². The molecule has 154 valence electrons. The molecule has 1 aliphatic carbocycles. The van der Waals surface area contributed by atoms with Gasteiger partial charge in [0.15, 0.2) is 0 Å². The van der Waals surface area contributed by atoms with Crippen LogP contribution < -0.4 is 0 Å². The second kappa shape index (κ2) is 7.87. The van der Waals surface area contributed by atoms with Gasteiger partial charge in [0.1, 0.15) is 6.10 Å². The second-order valence-corrected chi connectivity index (χ2v) is 8.56. The Morgan fingerprint density at radius 1 is 1.18 bits per heavy atom. The minimum Gasteiger partial charge on any atom is -0.429 e. The standard InChI is InChI=1S/C19H28BNO7/c1-18(2)19(3,4)28-20(27-18)11-7-5-6-8-13-12-14(13)25-17(24)26-21-15(22)9-10-16(21)23/h7,11,13-14H,5-6,8-10,12H2,1-4H3/b11-7+/t13-,14-/m1/s1. The minimum atomic E-state index is -0.989. The number of hydroxylamine groups is 2. The SMILES string of the molecule is CC1(C)OB(/C=C/CCC[C@@H]2C[C@H]2OC(=O)ON2C(=O)CCC2=O)OC1(C)C. The summed E-state index contributed by atoms with van der Waals surface area (Å²) in [4.78, 5) is 39.2. The number of nitrogens with zero attached hydrogens (tertiary/aromatic N) is 1. The van der Waals surface area contributed by atoms with Crippen LogP contribution in [0, 0.1) is 5.92 Å². The lowest BCUT2D eigenvalue weighted by molar-refractivity contribution is -0.177. The second-order valence-electron chi connectivity index (χ2n) is 8.56. The number of allylic oxidation sites excluding steroid dienone is 1. The van der Waals surface area contributed by atoms with Gasteiger partial charge in [-0.25, -0.2) is 4.79 Å². The number of amides is 2. The van der Waals surface area contributed by atoms with Gasteiger partial charge in [0.2, 0.25) is 0 Å². The molecule has 3 fully saturated rings. The number of imide groups is 1. The first-order valence-corrected chi connectivity index (χ1v) is 9.86. The van der Waals surface area contributed by atoms with E-state index in [4.69, 9.17) is 18.9 Å². The van der Waals surface area contributed by atoms with E-state index < -0.39 is 18.0 Å². The quantitative estimate of drug-likeness (QED) is 0.284. The summed E-state index contributed by atoms with van der Waals surface area (Å²) >= 11 is 0. The van der Waals surface area contributed by atoms with Crippen molar-refractivity contribution in [2.45, 2.75) is 83.5 Å². The summed E-state index contributed by atoms with van der Waals surface area (Å²) in [6.07, 6.45) is 4.54. The Balaban J connectivity index is 1.29. The highest BCUT2D eigenvalue weighted by atomic mass is 16.8. The average molecular weight is 393 g/mol. The molecule has 3 rings (SSSR count). The van der Waals surface area contributed by atoms with E-state index in [1.807, 2.05) is 33.7 Å². The number of hydrogen-bond acceptors (Lipinski definition) is 7. The summed E-state index contributed by atoms with van der Waals surface area (Å²) in [5.41, 5.74) is -0.668. The lowest BCUT2D eigenvalue weighted by Crippen LogP contribution is -2.41. The molecule has 8 nitrogen and oxygen atoms in total. The molecule has 28 heavy (non-hydrogen) atoms. The van der Waals surface area contributed by atoms with Gasteiger partial charge >= 0.3 is 13.3 Å². The fraction of sp³-hybridized carbons (Fsp3) is 0.737. The summed E-state index contributed by atoms with van der Waals surface area (Å²) in [5.74, 6) is 1.22. The highest BCUT2D eigenvalue weighted by molar-refractivity contribution is 6.51. The molecule has 0 aromatic carbocycles. The summed E-state index contributed by atoms with van der Waals surface area (Å²) in [6.45, 7) is 8.09. The fourth-order valence-electron chi connectivity index (χ4n) is 3.22. The number of unbranched alkanes of at least 4 members (excludes halogenated alkanes) is 1. The lowest BCUT2D eigenvalue weighted by atomic mass is 9.89. The molecule has 3 aliphatic rings. The van der Waals surface area contributed by atoms with Gasteiger partial charge in [-0.1, -0.05) is 17.1 Å². The smallest absolute Gasteiger partial charge is 0.429 e. The molecule has 0 aromatic rings. The van der Waals surface area contributed by atoms with Crippen molar-refractivity contribution in [1.82, 2.24) is 5.06 Å². The van der Waals surface area contributed by atoms with Crippen LogP contribution in [0.5, 0.6) is 0 Å².